The number of rotatable bonds is 6. The van der Waals surface area contributed by atoms with Gasteiger partial charge in [0, 0.05) is 12.1 Å². The second-order valence-electron chi connectivity index (χ2n) is 6.69. The van der Waals surface area contributed by atoms with Crippen molar-refractivity contribution in [1.82, 2.24) is 0 Å². The Hall–Kier alpha value is -2.94. The van der Waals surface area contributed by atoms with E-state index in [-0.39, 0.29) is 16.3 Å². The van der Waals surface area contributed by atoms with Crippen molar-refractivity contribution in [1.29, 1.82) is 0 Å². The molecule has 0 aliphatic rings. The van der Waals surface area contributed by atoms with Gasteiger partial charge in [-0.1, -0.05) is 24.3 Å². The van der Waals surface area contributed by atoms with E-state index < -0.39 is 33.1 Å². The zero-order chi connectivity index (χ0) is 20.2. The third-order valence-electron chi connectivity index (χ3n) is 3.35. The summed E-state index contributed by atoms with van der Waals surface area (Å²) < 4.78 is 32.2. The standard InChI is InChI=1S/C18H20N2O6S/c1-18(2,3)26-17(21)13-19(14-8-7-9-15(12-14)20(22)23)27(24,25)16-10-5-4-6-11-16/h4-12H,13H2,1-3H3. The summed E-state index contributed by atoms with van der Waals surface area (Å²) in [5, 5.41) is 11.1. The second-order valence-corrected chi connectivity index (χ2v) is 8.55. The van der Waals surface area contributed by atoms with Crippen LogP contribution in [0.15, 0.2) is 59.5 Å². The van der Waals surface area contributed by atoms with Crippen LogP contribution in [-0.4, -0.2) is 31.5 Å². The monoisotopic (exact) mass is 392 g/mol. The number of ether oxygens (including phenoxy) is 1. The lowest BCUT2D eigenvalue weighted by Gasteiger charge is -2.26. The summed E-state index contributed by atoms with van der Waals surface area (Å²) >= 11 is 0. The molecule has 8 nitrogen and oxygen atoms in total. The molecule has 9 heteroatoms. The molecule has 2 aromatic carbocycles. The number of carbonyl (C=O) groups excluding carboxylic acids is 1. The van der Waals surface area contributed by atoms with Gasteiger partial charge in [0.15, 0.2) is 0 Å². The molecule has 144 valence electrons. The number of nitro groups is 1. The maximum Gasteiger partial charge on any atom is 0.327 e. The van der Waals surface area contributed by atoms with Gasteiger partial charge in [-0.25, -0.2) is 8.42 Å². The van der Waals surface area contributed by atoms with E-state index in [4.69, 9.17) is 4.74 Å². The van der Waals surface area contributed by atoms with Crippen LogP contribution in [0.4, 0.5) is 11.4 Å². The molecule has 0 radical (unpaired) electrons. The van der Waals surface area contributed by atoms with Gasteiger partial charge in [0.2, 0.25) is 0 Å². The summed E-state index contributed by atoms with van der Waals surface area (Å²) in [5.74, 6) is -0.770. The van der Waals surface area contributed by atoms with E-state index in [0.717, 1.165) is 10.4 Å². The molecule has 0 fully saturated rings. The van der Waals surface area contributed by atoms with Crippen molar-refractivity contribution in [2.45, 2.75) is 31.3 Å². The molecule has 0 saturated heterocycles. The number of anilines is 1. The number of nitrogens with zero attached hydrogens (tertiary/aromatic N) is 2. The summed E-state index contributed by atoms with van der Waals surface area (Å²) in [5.41, 5.74) is -1.09. The Morgan fingerprint density at radius 3 is 2.30 bits per heavy atom. The van der Waals surface area contributed by atoms with Crippen LogP contribution in [0.1, 0.15) is 20.8 Å². The maximum atomic E-state index is 13.1. The van der Waals surface area contributed by atoms with Gasteiger partial charge in [0.25, 0.3) is 15.7 Å². The molecule has 0 aliphatic carbocycles. The van der Waals surface area contributed by atoms with Crippen molar-refractivity contribution in [2.75, 3.05) is 10.8 Å². The lowest BCUT2D eigenvalue weighted by molar-refractivity contribution is -0.384. The molecule has 0 saturated carbocycles. The van der Waals surface area contributed by atoms with E-state index in [0.29, 0.717) is 0 Å². The van der Waals surface area contributed by atoms with E-state index in [9.17, 15) is 23.3 Å². The quantitative estimate of drug-likeness (QED) is 0.425. The van der Waals surface area contributed by atoms with Crippen LogP contribution < -0.4 is 4.31 Å². The van der Waals surface area contributed by atoms with E-state index >= 15 is 0 Å². The molecule has 27 heavy (non-hydrogen) atoms. The number of carbonyl (C=O) groups is 1. The van der Waals surface area contributed by atoms with Gasteiger partial charge in [-0.2, -0.15) is 0 Å². The molecular formula is C18H20N2O6S. The van der Waals surface area contributed by atoms with Crippen molar-refractivity contribution in [3.05, 3.63) is 64.7 Å². The molecule has 0 spiro atoms. The minimum absolute atomic E-state index is 0.00101. The molecule has 0 atom stereocenters. The van der Waals surface area contributed by atoms with Gasteiger partial charge >= 0.3 is 5.97 Å². The fraction of sp³-hybridized carbons (Fsp3) is 0.278. The zero-order valence-corrected chi connectivity index (χ0v) is 16.0. The van der Waals surface area contributed by atoms with Crippen LogP contribution in [-0.2, 0) is 19.6 Å². The highest BCUT2D eigenvalue weighted by Crippen LogP contribution is 2.27. The highest BCUT2D eigenvalue weighted by Gasteiger charge is 2.30. The Bertz CT molecular complexity index is 936. The SMILES string of the molecule is CC(C)(C)OC(=O)CN(c1cccc([N+](=O)[O-])c1)S(=O)(=O)c1ccccc1. The van der Waals surface area contributed by atoms with Crippen molar-refractivity contribution < 1.29 is 22.9 Å². The molecule has 0 aromatic heterocycles. The highest BCUT2D eigenvalue weighted by atomic mass is 32.2. The largest absolute Gasteiger partial charge is 0.459 e. The second kappa shape index (κ2) is 7.75. The van der Waals surface area contributed by atoms with E-state index in [2.05, 4.69) is 0 Å². The number of hydrogen-bond donors (Lipinski definition) is 0. The molecule has 0 heterocycles. The molecule has 0 unspecified atom stereocenters. The topological polar surface area (TPSA) is 107 Å². The first-order chi connectivity index (χ1) is 12.5. The Balaban J connectivity index is 2.51. The minimum atomic E-state index is -4.14. The predicted molar refractivity (Wildman–Crippen MR) is 99.9 cm³/mol. The van der Waals surface area contributed by atoms with E-state index in [1.165, 1.54) is 30.3 Å². The third-order valence-corrected chi connectivity index (χ3v) is 5.14. The third kappa shape index (κ3) is 5.27. The smallest absolute Gasteiger partial charge is 0.327 e. The summed E-state index contributed by atoms with van der Waals surface area (Å²) in [6.45, 7) is 4.37. The maximum absolute atomic E-state index is 13.1. The Morgan fingerprint density at radius 1 is 1.11 bits per heavy atom. The molecule has 2 aromatic rings. The highest BCUT2D eigenvalue weighted by molar-refractivity contribution is 7.92. The summed E-state index contributed by atoms with van der Waals surface area (Å²) in [4.78, 5) is 22.7. The fourth-order valence-corrected chi connectivity index (χ4v) is 3.71. The predicted octanol–water partition coefficient (Wildman–Crippen LogP) is 3.13. The van der Waals surface area contributed by atoms with Crippen molar-refractivity contribution in [3.8, 4) is 0 Å². The Morgan fingerprint density at radius 2 is 1.74 bits per heavy atom. The average Bonchev–Trinajstić information content (AvgIpc) is 2.59. The number of hydrogen-bond acceptors (Lipinski definition) is 6. The first-order valence-electron chi connectivity index (χ1n) is 8.05. The Kier molecular flexibility index (Phi) is 5.85. The van der Waals surface area contributed by atoms with Crippen molar-refractivity contribution in [3.63, 3.8) is 0 Å². The van der Waals surface area contributed by atoms with Crippen molar-refractivity contribution >= 4 is 27.4 Å². The molecule has 0 aliphatic heterocycles. The number of benzene rings is 2. The van der Waals surface area contributed by atoms with E-state index in [1.807, 2.05) is 0 Å². The number of sulfonamides is 1. The summed E-state index contributed by atoms with van der Waals surface area (Å²) in [7, 11) is -4.14. The van der Waals surface area contributed by atoms with Gasteiger partial charge in [-0.15, -0.1) is 0 Å². The Labute approximate surface area is 157 Å². The molecule has 0 N–H and O–H groups in total. The van der Waals surface area contributed by atoms with Crippen molar-refractivity contribution in [2.24, 2.45) is 0 Å². The van der Waals surface area contributed by atoms with Gasteiger partial charge in [0.05, 0.1) is 15.5 Å². The average molecular weight is 392 g/mol. The number of esters is 1. The molecule has 0 bridgehead atoms. The zero-order valence-electron chi connectivity index (χ0n) is 15.2. The fourth-order valence-electron chi connectivity index (χ4n) is 2.29. The van der Waals surface area contributed by atoms with Crippen LogP contribution in [0.2, 0.25) is 0 Å². The van der Waals surface area contributed by atoms with Crippen LogP contribution in [0.25, 0.3) is 0 Å². The summed E-state index contributed by atoms with van der Waals surface area (Å²) in [6.07, 6.45) is 0. The first-order valence-corrected chi connectivity index (χ1v) is 9.49. The molecule has 0 amide bonds. The molecule has 2 rings (SSSR count). The number of non-ortho nitro benzene ring substituents is 1. The lowest BCUT2D eigenvalue weighted by Crippen LogP contribution is -2.39. The minimum Gasteiger partial charge on any atom is -0.459 e. The van der Waals surface area contributed by atoms with Gasteiger partial charge < -0.3 is 4.74 Å². The van der Waals surface area contributed by atoms with Crippen LogP contribution in [0.3, 0.4) is 0 Å². The number of nitro benzene ring substituents is 1. The van der Waals surface area contributed by atoms with Gasteiger partial charge in [0.1, 0.15) is 12.1 Å². The van der Waals surface area contributed by atoms with E-state index in [1.54, 1.807) is 39.0 Å². The van der Waals surface area contributed by atoms with Crippen LogP contribution in [0, 0.1) is 10.1 Å². The first kappa shape index (κ1) is 20.4. The van der Waals surface area contributed by atoms with Crippen LogP contribution in [0.5, 0.6) is 0 Å². The lowest BCUT2D eigenvalue weighted by atomic mass is 10.2. The normalized spacial score (nSPS) is 11.7. The summed E-state index contributed by atoms with van der Waals surface area (Å²) in [6, 6.07) is 12.6. The van der Waals surface area contributed by atoms with Crippen LogP contribution >= 0.6 is 0 Å². The van der Waals surface area contributed by atoms with Gasteiger partial charge in [-0.3, -0.25) is 19.2 Å². The van der Waals surface area contributed by atoms with Gasteiger partial charge in [-0.05, 0) is 39.0 Å². The molecular weight excluding hydrogens is 372 g/mol.